The third-order valence-corrected chi connectivity index (χ3v) is 4.17. The molecule has 3 nitrogen and oxygen atoms in total. The van der Waals surface area contributed by atoms with Gasteiger partial charge in [-0.25, -0.2) is 0 Å². The minimum atomic E-state index is -0.0190. The summed E-state index contributed by atoms with van der Waals surface area (Å²) in [6.45, 7) is 0.439. The van der Waals surface area contributed by atoms with Crippen LogP contribution >= 0.6 is 15.9 Å². The van der Waals surface area contributed by atoms with Crippen LogP contribution in [-0.2, 0) is 4.79 Å². The lowest BCUT2D eigenvalue weighted by Gasteiger charge is -2.36. The second-order valence-electron chi connectivity index (χ2n) is 4.69. The molecule has 1 aliphatic rings. The number of hydrogen-bond acceptors (Lipinski definition) is 2. The van der Waals surface area contributed by atoms with E-state index in [0.717, 1.165) is 22.9 Å². The van der Waals surface area contributed by atoms with Crippen molar-refractivity contribution in [1.29, 1.82) is 0 Å². The van der Waals surface area contributed by atoms with E-state index >= 15 is 0 Å². The van der Waals surface area contributed by atoms with Crippen LogP contribution in [0.4, 0.5) is 0 Å². The molecule has 1 fully saturated rings. The number of amides is 1. The maximum atomic E-state index is 12.2. The summed E-state index contributed by atoms with van der Waals surface area (Å²) >= 11 is 3.45. The third kappa shape index (κ3) is 3.67. The standard InChI is InChI=1S/C15H18BrNO2/c16-14-7-2-1-4-12(14)8-9-15(19)17(10-11-18)13-5-3-6-13/h1-2,4,7-9,13,18H,3,5-6,10-11H2/b9-8+. The van der Waals surface area contributed by atoms with Crippen LogP contribution < -0.4 is 0 Å². The zero-order chi connectivity index (χ0) is 13.7. The van der Waals surface area contributed by atoms with Crippen LogP contribution in [0.3, 0.4) is 0 Å². The van der Waals surface area contributed by atoms with Gasteiger partial charge in [-0.2, -0.15) is 0 Å². The van der Waals surface area contributed by atoms with Crippen molar-refractivity contribution in [2.24, 2.45) is 0 Å². The topological polar surface area (TPSA) is 40.5 Å². The first-order valence-electron chi connectivity index (χ1n) is 6.56. The summed E-state index contributed by atoms with van der Waals surface area (Å²) in [7, 11) is 0. The monoisotopic (exact) mass is 323 g/mol. The summed E-state index contributed by atoms with van der Waals surface area (Å²) < 4.78 is 0.969. The first-order valence-corrected chi connectivity index (χ1v) is 7.35. The smallest absolute Gasteiger partial charge is 0.246 e. The van der Waals surface area contributed by atoms with Gasteiger partial charge in [0.05, 0.1) is 6.61 Å². The Hall–Kier alpha value is -1.13. The summed E-state index contributed by atoms with van der Waals surface area (Å²) in [6.07, 6.45) is 6.68. The second kappa shape index (κ2) is 6.87. The summed E-state index contributed by atoms with van der Waals surface area (Å²) in [5, 5.41) is 9.06. The van der Waals surface area contributed by atoms with E-state index in [1.165, 1.54) is 6.42 Å². The summed E-state index contributed by atoms with van der Waals surface area (Å²) in [5.41, 5.74) is 0.980. The van der Waals surface area contributed by atoms with Crippen LogP contribution in [0.25, 0.3) is 6.08 Å². The molecule has 1 aromatic carbocycles. The number of nitrogens with zero attached hydrogens (tertiary/aromatic N) is 1. The number of rotatable bonds is 5. The van der Waals surface area contributed by atoms with Gasteiger partial charge in [0, 0.05) is 23.1 Å². The number of aliphatic hydroxyl groups is 1. The quantitative estimate of drug-likeness (QED) is 0.846. The molecule has 1 amide bonds. The molecular formula is C15H18BrNO2. The maximum Gasteiger partial charge on any atom is 0.246 e. The highest BCUT2D eigenvalue weighted by Crippen LogP contribution is 2.25. The molecule has 1 aliphatic carbocycles. The van der Waals surface area contributed by atoms with Gasteiger partial charge in [0.25, 0.3) is 0 Å². The van der Waals surface area contributed by atoms with Crippen molar-refractivity contribution in [2.75, 3.05) is 13.2 Å². The molecule has 0 unspecified atom stereocenters. The normalized spacial score (nSPS) is 15.5. The van der Waals surface area contributed by atoms with Crippen molar-refractivity contribution in [2.45, 2.75) is 25.3 Å². The molecule has 1 saturated carbocycles. The Kier molecular flexibility index (Phi) is 5.16. The maximum absolute atomic E-state index is 12.2. The molecule has 2 rings (SSSR count). The van der Waals surface area contributed by atoms with Gasteiger partial charge in [-0.1, -0.05) is 34.1 Å². The van der Waals surface area contributed by atoms with Gasteiger partial charge in [-0.3, -0.25) is 4.79 Å². The van der Waals surface area contributed by atoms with Crippen molar-refractivity contribution in [1.82, 2.24) is 4.90 Å². The molecule has 0 radical (unpaired) electrons. The Morgan fingerprint density at radius 2 is 2.16 bits per heavy atom. The highest BCUT2D eigenvalue weighted by atomic mass is 79.9. The van der Waals surface area contributed by atoms with Crippen LogP contribution in [0.5, 0.6) is 0 Å². The van der Waals surface area contributed by atoms with E-state index in [4.69, 9.17) is 5.11 Å². The van der Waals surface area contributed by atoms with Crippen LogP contribution in [0.2, 0.25) is 0 Å². The Morgan fingerprint density at radius 3 is 2.74 bits per heavy atom. The molecule has 0 heterocycles. The van der Waals surface area contributed by atoms with Crippen molar-refractivity contribution in [3.63, 3.8) is 0 Å². The molecular weight excluding hydrogens is 306 g/mol. The lowest BCUT2D eigenvalue weighted by Crippen LogP contribution is -2.44. The number of halogens is 1. The Labute approximate surface area is 122 Å². The van der Waals surface area contributed by atoms with Gasteiger partial charge in [0.1, 0.15) is 0 Å². The zero-order valence-corrected chi connectivity index (χ0v) is 12.3. The SMILES string of the molecule is O=C(/C=C/c1ccccc1Br)N(CCO)C1CCC1. The summed E-state index contributed by atoms with van der Waals surface area (Å²) in [4.78, 5) is 13.9. The number of carbonyl (C=O) groups is 1. The largest absolute Gasteiger partial charge is 0.395 e. The fourth-order valence-corrected chi connectivity index (χ4v) is 2.56. The lowest BCUT2D eigenvalue weighted by atomic mass is 9.91. The van der Waals surface area contributed by atoms with Gasteiger partial charge in [-0.15, -0.1) is 0 Å². The first kappa shape index (κ1) is 14.3. The lowest BCUT2D eigenvalue weighted by molar-refractivity contribution is -0.130. The van der Waals surface area contributed by atoms with E-state index in [9.17, 15) is 4.79 Å². The average Bonchev–Trinajstić information content (AvgIpc) is 2.35. The molecule has 0 aliphatic heterocycles. The number of benzene rings is 1. The van der Waals surface area contributed by atoms with Crippen LogP contribution in [0, 0.1) is 0 Å². The van der Waals surface area contributed by atoms with Gasteiger partial charge in [0.2, 0.25) is 5.91 Å². The van der Waals surface area contributed by atoms with E-state index < -0.39 is 0 Å². The minimum absolute atomic E-state index is 0.0190. The van der Waals surface area contributed by atoms with E-state index in [-0.39, 0.29) is 12.5 Å². The molecule has 102 valence electrons. The van der Waals surface area contributed by atoms with Crippen molar-refractivity contribution in [3.05, 3.63) is 40.4 Å². The van der Waals surface area contributed by atoms with E-state index in [1.54, 1.807) is 11.0 Å². The molecule has 0 aromatic heterocycles. The van der Waals surface area contributed by atoms with Crippen LogP contribution in [-0.4, -0.2) is 35.1 Å². The average molecular weight is 324 g/mol. The number of hydrogen-bond donors (Lipinski definition) is 1. The third-order valence-electron chi connectivity index (χ3n) is 3.45. The van der Waals surface area contributed by atoms with Crippen LogP contribution in [0.15, 0.2) is 34.8 Å². The number of aliphatic hydroxyl groups excluding tert-OH is 1. The Balaban J connectivity index is 2.04. The van der Waals surface area contributed by atoms with Crippen LogP contribution in [0.1, 0.15) is 24.8 Å². The molecule has 0 spiro atoms. The predicted octanol–water partition coefficient (Wildman–Crippen LogP) is 2.84. The Bertz CT molecular complexity index is 469. The molecule has 1 N–H and O–H groups in total. The van der Waals surface area contributed by atoms with Gasteiger partial charge < -0.3 is 10.0 Å². The first-order chi connectivity index (χ1) is 9.22. The molecule has 0 atom stereocenters. The van der Waals surface area contributed by atoms with Gasteiger partial charge >= 0.3 is 0 Å². The van der Waals surface area contributed by atoms with Crippen molar-refractivity contribution >= 4 is 27.9 Å². The van der Waals surface area contributed by atoms with Gasteiger partial charge in [0.15, 0.2) is 0 Å². The fraction of sp³-hybridized carbons (Fsp3) is 0.400. The van der Waals surface area contributed by atoms with E-state index in [1.807, 2.05) is 30.3 Å². The predicted molar refractivity (Wildman–Crippen MR) is 79.6 cm³/mol. The molecule has 0 saturated heterocycles. The highest BCUT2D eigenvalue weighted by molar-refractivity contribution is 9.10. The molecule has 4 heteroatoms. The fourth-order valence-electron chi connectivity index (χ4n) is 2.15. The summed E-state index contributed by atoms with van der Waals surface area (Å²) in [5.74, 6) is -0.0190. The van der Waals surface area contributed by atoms with Crippen molar-refractivity contribution < 1.29 is 9.90 Å². The van der Waals surface area contributed by atoms with Gasteiger partial charge in [-0.05, 0) is 37.0 Å². The summed E-state index contributed by atoms with van der Waals surface area (Å²) in [6, 6.07) is 8.08. The Morgan fingerprint density at radius 1 is 1.42 bits per heavy atom. The van der Waals surface area contributed by atoms with E-state index in [2.05, 4.69) is 15.9 Å². The zero-order valence-electron chi connectivity index (χ0n) is 10.8. The molecule has 1 aromatic rings. The molecule has 19 heavy (non-hydrogen) atoms. The number of carbonyl (C=O) groups excluding carboxylic acids is 1. The second-order valence-corrected chi connectivity index (χ2v) is 5.55. The van der Waals surface area contributed by atoms with E-state index in [0.29, 0.717) is 12.6 Å². The van der Waals surface area contributed by atoms with Crippen molar-refractivity contribution in [3.8, 4) is 0 Å². The molecule has 0 bridgehead atoms. The highest BCUT2D eigenvalue weighted by Gasteiger charge is 2.26. The minimum Gasteiger partial charge on any atom is -0.395 e.